The van der Waals surface area contributed by atoms with Crippen LogP contribution in [0.4, 0.5) is 5.69 Å². The molecule has 17 heavy (non-hydrogen) atoms. The van der Waals surface area contributed by atoms with E-state index >= 15 is 0 Å². The van der Waals surface area contributed by atoms with Crippen LogP contribution in [0.2, 0.25) is 0 Å². The first-order valence-corrected chi connectivity index (χ1v) is 4.88. The Balaban J connectivity index is 2.48. The molecule has 6 nitrogen and oxygen atoms in total. The van der Waals surface area contributed by atoms with Gasteiger partial charge in [0.25, 0.3) is 5.69 Å². The summed E-state index contributed by atoms with van der Waals surface area (Å²) in [4.78, 5) is 18.3. The van der Waals surface area contributed by atoms with Gasteiger partial charge in [-0.3, -0.25) is 10.1 Å². The van der Waals surface area contributed by atoms with E-state index in [1.807, 2.05) is 0 Å². The summed E-state index contributed by atoms with van der Waals surface area (Å²) in [5.74, 6) is 0.273. The lowest BCUT2D eigenvalue weighted by atomic mass is 10.1. The zero-order valence-corrected chi connectivity index (χ0v) is 8.78. The summed E-state index contributed by atoms with van der Waals surface area (Å²) in [6.07, 6.45) is 2.89. The SMILES string of the molecule is O=[N+]([O-])c1ccccc1-c1ncc(CO)cn1. The first-order chi connectivity index (χ1) is 8.22. The quantitative estimate of drug-likeness (QED) is 0.639. The van der Waals surface area contributed by atoms with Crippen LogP contribution in [0.5, 0.6) is 0 Å². The largest absolute Gasteiger partial charge is 0.392 e. The van der Waals surface area contributed by atoms with Crippen molar-refractivity contribution in [2.75, 3.05) is 0 Å². The van der Waals surface area contributed by atoms with Crippen molar-refractivity contribution in [3.05, 3.63) is 52.3 Å². The third kappa shape index (κ3) is 2.26. The van der Waals surface area contributed by atoms with Crippen molar-refractivity contribution in [3.8, 4) is 11.4 Å². The summed E-state index contributed by atoms with van der Waals surface area (Å²) in [7, 11) is 0. The van der Waals surface area contributed by atoms with Gasteiger partial charge in [-0.1, -0.05) is 12.1 Å². The van der Waals surface area contributed by atoms with Crippen molar-refractivity contribution < 1.29 is 10.0 Å². The first kappa shape index (κ1) is 11.2. The predicted octanol–water partition coefficient (Wildman–Crippen LogP) is 1.54. The van der Waals surface area contributed by atoms with E-state index in [9.17, 15) is 10.1 Å². The molecule has 2 rings (SSSR count). The fourth-order valence-electron chi connectivity index (χ4n) is 1.40. The summed E-state index contributed by atoms with van der Waals surface area (Å²) >= 11 is 0. The molecule has 0 saturated carbocycles. The van der Waals surface area contributed by atoms with E-state index < -0.39 is 4.92 Å². The fourth-order valence-corrected chi connectivity index (χ4v) is 1.40. The van der Waals surface area contributed by atoms with Gasteiger partial charge in [-0.15, -0.1) is 0 Å². The number of benzene rings is 1. The molecule has 1 aromatic carbocycles. The zero-order chi connectivity index (χ0) is 12.3. The minimum absolute atomic E-state index is 0.0377. The van der Waals surface area contributed by atoms with E-state index in [4.69, 9.17) is 5.11 Å². The minimum atomic E-state index is -0.474. The van der Waals surface area contributed by atoms with Gasteiger partial charge in [0, 0.05) is 24.0 Å². The molecular formula is C11H9N3O3. The smallest absolute Gasteiger partial charge is 0.280 e. The van der Waals surface area contributed by atoms with Crippen LogP contribution in [0.1, 0.15) is 5.56 Å². The van der Waals surface area contributed by atoms with Crippen LogP contribution < -0.4 is 0 Å². The molecule has 1 heterocycles. The highest BCUT2D eigenvalue weighted by Gasteiger charge is 2.15. The standard InChI is InChI=1S/C11H9N3O3/c15-7-8-5-12-11(13-6-8)9-3-1-2-4-10(9)14(16)17/h1-6,15H,7H2. The van der Waals surface area contributed by atoms with E-state index in [1.165, 1.54) is 18.5 Å². The maximum absolute atomic E-state index is 10.8. The Hall–Kier alpha value is -2.34. The molecule has 0 fully saturated rings. The second-order valence-corrected chi connectivity index (χ2v) is 3.35. The van der Waals surface area contributed by atoms with E-state index in [0.717, 1.165) is 0 Å². The molecule has 0 spiro atoms. The summed E-state index contributed by atoms with van der Waals surface area (Å²) < 4.78 is 0. The van der Waals surface area contributed by atoms with Crippen LogP contribution in [0.15, 0.2) is 36.7 Å². The normalized spacial score (nSPS) is 10.2. The Morgan fingerprint density at radius 2 is 1.88 bits per heavy atom. The summed E-state index contributed by atoms with van der Waals surface area (Å²) in [6.45, 7) is -0.156. The van der Waals surface area contributed by atoms with Gasteiger partial charge in [-0.2, -0.15) is 0 Å². The minimum Gasteiger partial charge on any atom is -0.392 e. The summed E-state index contributed by atoms with van der Waals surface area (Å²) in [5.41, 5.74) is 0.888. The molecule has 0 radical (unpaired) electrons. The average Bonchev–Trinajstić information content (AvgIpc) is 2.39. The number of aliphatic hydroxyl groups is 1. The maximum atomic E-state index is 10.8. The maximum Gasteiger partial charge on any atom is 0.280 e. The molecule has 0 bridgehead atoms. The Morgan fingerprint density at radius 1 is 1.24 bits per heavy atom. The highest BCUT2D eigenvalue weighted by molar-refractivity contribution is 5.67. The van der Waals surface area contributed by atoms with E-state index in [-0.39, 0.29) is 18.1 Å². The van der Waals surface area contributed by atoms with Crippen molar-refractivity contribution >= 4 is 5.69 Å². The van der Waals surface area contributed by atoms with Crippen molar-refractivity contribution in [3.63, 3.8) is 0 Å². The van der Waals surface area contributed by atoms with Crippen molar-refractivity contribution in [2.24, 2.45) is 0 Å². The van der Waals surface area contributed by atoms with Gasteiger partial charge in [-0.05, 0) is 6.07 Å². The predicted molar refractivity (Wildman–Crippen MR) is 60.0 cm³/mol. The van der Waals surface area contributed by atoms with Gasteiger partial charge in [0.15, 0.2) is 5.82 Å². The molecule has 0 aliphatic heterocycles. The number of nitro groups is 1. The number of hydrogen-bond acceptors (Lipinski definition) is 5. The van der Waals surface area contributed by atoms with E-state index in [0.29, 0.717) is 11.1 Å². The molecule has 6 heteroatoms. The number of nitrogens with zero attached hydrogens (tertiary/aromatic N) is 3. The number of aromatic nitrogens is 2. The third-order valence-electron chi connectivity index (χ3n) is 2.23. The topological polar surface area (TPSA) is 89.2 Å². The second-order valence-electron chi connectivity index (χ2n) is 3.35. The van der Waals surface area contributed by atoms with Crippen molar-refractivity contribution in [2.45, 2.75) is 6.61 Å². The molecule has 0 atom stereocenters. The van der Waals surface area contributed by atoms with Gasteiger partial charge >= 0.3 is 0 Å². The Kier molecular flexibility index (Phi) is 3.06. The van der Waals surface area contributed by atoms with Crippen LogP contribution in [0.25, 0.3) is 11.4 Å². The number of aliphatic hydroxyl groups excluding tert-OH is 1. The van der Waals surface area contributed by atoms with Crippen LogP contribution in [-0.2, 0) is 6.61 Å². The van der Waals surface area contributed by atoms with Gasteiger partial charge in [-0.25, -0.2) is 9.97 Å². The number of nitro benzene ring substituents is 1. The summed E-state index contributed by atoms with van der Waals surface area (Å²) in [5, 5.41) is 19.7. The number of rotatable bonds is 3. The highest BCUT2D eigenvalue weighted by atomic mass is 16.6. The lowest BCUT2D eigenvalue weighted by Crippen LogP contribution is -1.96. The zero-order valence-electron chi connectivity index (χ0n) is 8.78. The molecule has 0 saturated heterocycles. The van der Waals surface area contributed by atoms with Crippen LogP contribution >= 0.6 is 0 Å². The third-order valence-corrected chi connectivity index (χ3v) is 2.23. The van der Waals surface area contributed by atoms with E-state index in [2.05, 4.69) is 9.97 Å². The second kappa shape index (κ2) is 4.67. The lowest BCUT2D eigenvalue weighted by molar-refractivity contribution is -0.384. The van der Waals surface area contributed by atoms with Crippen LogP contribution in [-0.4, -0.2) is 20.0 Å². The van der Waals surface area contributed by atoms with Gasteiger partial charge in [0.2, 0.25) is 0 Å². The molecule has 86 valence electrons. The van der Waals surface area contributed by atoms with Gasteiger partial charge in [0.05, 0.1) is 17.1 Å². The Morgan fingerprint density at radius 3 is 2.47 bits per heavy atom. The summed E-state index contributed by atoms with van der Waals surface area (Å²) in [6, 6.07) is 6.26. The molecule has 1 N–H and O–H groups in total. The molecule has 1 aromatic heterocycles. The van der Waals surface area contributed by atoms with E-state index in [1.54, 1.807) is 18.2 Å². The van der Waals surface area contributed by atoms with Crippen LogP contribution in [0, 0.1) is 10.1 Å². The number of para-hydroxylation sites is 1. The van der Waals surface area contributed by atoms with Crippen molar-refractivity contribution in [1.82, 2.24) is 9.97 Å². The average molecular weight is 231 g/mol. The molecule has 0 aliphatic carbocycles. The van der Waals surface area contributed by atoms with Crippen molar-refractivity contribution in [1.29, 1.82) is 0 Å². The van der Waals surface area contributed by atoms with Gasteiger partial charge in [0.1, 0.15) is 0 Å². The Labute approximate surface area is 96.7 Å². The lowest BCUT2D eigenvalue weighted by Gasteiger charge is -2.01. The molecule has 0 unspecified atom stereocenters. The number of hydrogen-bond donors (Lipinski definition) is 1. The highest BCUT2D eigenvalue weighted by Crippen LogP contribution is 2.26. The monoisotopic (exact) mass is 231 g/mol. The molecule has 0 aliphatic rings. The van der Waals surface area contributed by atoms with Gasteiger partial charge < -0.3 is 5.11 Å². The van der Waals surface area contributed by atoms with Crippen LogP contribution in [0.3, 0.4) is 0 Å². The fraction of sp³-hybridized carbons (Fsp3) is 0.0909. The molecular weight excluding hydrogens is 222 g/mol. The Bertz CT molecular complexity index is 540. The molecule has 2 aromatic rings. The molecule has 0 amide bonds. The first-order valence-electron chi connectivity index (χ1n) is 4.88.